The van der Waals surface area contributed by atoms with E-state index in [4.69, 9.17) is 0 Å². The van der Waals surface area contributed by atoms with Crippen molar-refractivity contribution in [3.8, 4) is 0 Å². The van der Waals surface area contributed by atoms with E-state index in [0.29, 0.717) is 0 Å². The molecule has 0 bridgehead atoms. The van der Waals surface area contributed by atoms with E-state index in [9.17, 15) is 0 Å². The summed E-state index contributed by atoms with van der Waals surface area (Å²) in [6.45, 7) is 11.6. The van der Waals surface area contributed by atoms with Crippen LogP contribution < -0.4 is 10.6 Å². The second kappa shape index (κ2) is 6.75. The fourth-order valence-electron chi connectivity index (χ4n) is 3.12. The smallest absolute Gasteiger partial charge is 0.00965 e. The lowest BCUT2D eigenvalue weighted by atomic mass is 9.87. The molecular formula is C15H32N2. The van der Waals surface area contributed by atoms with Crippen molar-refractivity contribution in [2.24, 2.45) is 17.8 Å². The van der Waals surface area contributed by atoms with Gasteiger partial charge in [-0.3, -0.25) is 0 Å². The topological polar surface area (TPSA) is 24.1 Å². The van der Waals surface area contributed by atoms with Gasteiger partial charge in [0.05, 0.1) is 0 Å². The SMILES string of the molecule is CNCCC1CCC(CCNC(C)(C)C)C1C. The molecular weight excluding hydrogens is 208 g/mol. The predicted molar refractivity (Wildman–Crippen MR) is 76.3 cm³/mol. The van der Waals surface area contributed by atoms with Crippen LogP contribution in [0.3, 0.4) is 0 Å². The minimum Gasteiger partial charge on any atom is -0.320 e. The van der Waals surface area contributed by atoms with Gasteiger partial charge in [-0.1, -0.05) is 6.92 Å². The van der Waals surface area contributed by atoms with Gasteiger partial charge in [0.25, 0.3) is 0 Å². The third-order valence-electron chi connectivity index (χ3n) is 4.33. The molecule has 0 radical (unpaired) electrons. The zero-order valence-electron chi connectivity index (χ0n) is 12.5. The van der Waals surface area contributed by atoms with Crippen molar-refractivity contribution in [2.45, 2.75) is 58.9 Å². The van der Waals surface area contributed by atoms with Gasteiger partial charge < -0.3 is 10.6 Å². The highest BCUT2D eigenvalue weighted by molar-refractivity contribution is 4.83. The van der Waals surface area contributed by atoms with Gasteiger partial charge in [0.1, 0.15) is 0 Å². The van der Waals surface area contributed by atoms with Crippen LogP contribution in [0.1, 0.15) is 53.4 Å². The number of nitrogens with one attached hydrogen (secondary N) is 2. The number of hydrogen-bond donors (Lipinski definition) is 2. The van der Waals surface area contributed by atoms with Gasteiger partial charge in [0.2, 0.25) is 0 Å². The van der Waals surface area contributed by atoms with Crippen LogP contribution >= 0.6 is 0 Å². The van der Waals surface area contributed by atoms with Crippen LogP contribution in [0.5, 0.6) is 0 Å². The normalized spacial score (nSPS) is 29.8. The Balaban J connectivity index is 2.23. The van der Waals surface area contributed by atoms with Gasteiger partial charge in [-0.15, -0.1) is 0 Å². The average Bonchev–Trinajstić information content (AvgIpc) is 2.56. The summed E-state index contributed by atoms with van der Waals surface area (Å²) in [5.74, 6) is 2.83. The molecule has 2 nitrogen and oxygen atoms in total. The Kier molecular flexibility index (Phi) is 5.94. The summed E-state index contributed by atoms with van der Waals surface area (Å²) in [5, 5.41) is 6.90. The van der Waals surface area contributed by atoms with E-state index < -0.39 is 0 Å². The molecule has 1 aliphatic carbocycles. The molecule has 3 unspecified atom stereocenters. The predicted octanol–water partition coefficient (Wildman–Crippen LogP) is 3.04. The second-order valence-corrected chi connectivity index (χ2v) is 6.81. The van der Waals surface area contributed by atoms with Crippen molar-refractivity contribution in [1.29, 1.82) is 0 Å². The van der Waals surface area contributed by atoms with Crippen LogP contribution in [0, 0.1) is 17.8 Å². The highest BCUT2D eigenvalue weighted by atomic mass is 14.9. The molecule has 17 heavy (non-hydrogen) atoms. The first-order chi connectivity index (χ1) is 7.94. The Hall–Kier alpha value is -0.0800. The van der Waals surface area contributed by atoms with E-state index >= 15 is 0 Å². The fraction of sp³-hybridized carbons (Fsp3) is 1.00. The first-order valence-corrected chi connectivity index (χ1v) is 7.33. The Labute approximate surface area is 108 Å². The van der Waals surface area contributed by atoms with Crippen LogP contribution in [0.4, 0.5) is 0 Å². The van der Waals surface area contributed by atoms with Gasteiger partial charge in [-0.2, -0.15) is 0 Å². The average molecular weight is 240 g/mol. The Morgan fingerprint density at radius 1 is 1.00 bits per heavy atom. The summed E-state index contributed by atoms with van der Waals surface area (Å²) in [5.41, 5.74) is 0.271. The highest BCUT2D eigenvalue weighted by Gasteiger charge is 2.31. The molecule has 0 spiro atoms. The molecule has 0 aromatic carbocycles. The first-order valence-electron chi connectivity index (χ1n) is 7.33. The lowest BCUT2D eigenvalue weighted by molar-refractivity contribution is 0.296. The summed E-state index contributed by atoms with van der Waals surface area (Å²) in [6.07, 6.45) is 5.61. The molecule has 1 rings (SSSR count). The molecule has 0 aromatic heterocycles. The molecule has 0 amide bonds. The van der Waals surface area contributed by atoms with Gasteiger partial charge in [-0.05, 0) is 84.3 Å². The third kappa shape index (κ3) is 5.39. The monoisotopic (exact) mass is 240 g/mol. The summed E-state index contributed by atoms with van der Waals surface area (Å²) in [6, 6.07) is 0. The second-order valence-electron chi connectivity index (χ2n) is 6.81. The fourth-order valence-corrected chi connectivity index (χ4v) is 3.12. The summed E-state index contributed by atoms with van der Waals surface area (Å²) < 4.78 is 0. The van der Waals surface area contributed by atoms with E-state index in [1.807, 2.05) is 0 Å². The molecule has 2 heteroatoms. The van der Waals surface area contributed by atoms with E-state index in [1.54, 1.807) is 0 Å². The van der Waals surface area contributed by atoms with Crippen molar-refractivity contribution < 1.29 is 0 Å². The molecule has 0 aliphatic heterocycles. The maximum Gasteiger partial charge on any atom is 0.00965 e. The van der Waals surface area contributed by atoms with E-state index in [2.05, 4.69) is 45.4 Å². The number of rotatable bonds is 6. The number of hydrogen-bond acceptors (Lipinski definition) is 2. The molecule has 1 fully saturated rings. The van der Waals surface area contributed by atoms with Crippen LogP contribution in [-0.4, -0.2) is 25.7 Å². The van der Waals surface area contributed by atoms with Crippen LogP contribution in [0.15, 0.2) is 0 Å². The van der Waals surface area contributed by atoms with Crippen molar-refractivity contribution in [3.05, 3.63) is 0 Å². The Morgan fingerprint density at radius 3 is 2.00 bits per heavy atom. The van der Waals surface area contributed by atoms with Gasteiger partial charge in [0.15, 0.2) is 0 Å². The minimum absolute atomic E-state index is 0.271. The van der Waals surface area contributed by atoms with Gasteiger partial charge >= 0.3 is 0 Å². The standard InChI is InChI=1S/C15H32N2/c1-12-13(8-10-16-5)6-7-14(12)9-11-17-15(2,3)4/h12-14,16-17H,6-11H2,1-5H3. The van der Waals surface area contributed by atoms with Crippen molar-refractivity contribution in [2.75, 3.05) is 20.1 Å². The van der Waals surface area contributed by atoms with E-state index in [0.717, 1.165) is 17.8 Å². The summed E-state index contributed by atoms with van der Waals surface area (Å²) in [4.78, 5) is 0. The van der Waals surface area contributed by atoms with Gasteiger partial charge in [0, 0.05) is 5.54 Å². The maximum absolute atomic E-state index is 3.61. The maximum atomic E-state index is 3.61. The summed E-state index contributed by atoms with van der Waals surface area (Å²) in [7, 11) is 2.06. The molecule has 0 heterocycles. The highest BCUT2D eigenvalue weighted by Crippen LogP contribution is 2.40. The minimum atomic E-state index is 0.271. The molecule has 3 atom stereocenters. The van der Waals surface area contributed by atoms with Crippen LogP contribution in [0.2, 0.25) is 0 Å². The molecule has 0 saturated heterocycles. The lowest BCUT2D eigenvalue weighted by Gasteiger charge is -2.24. The molecule has 102 valence electrons. The van der Waals surface area contributed by atoms with Crippen LogP contribution in [0.25, 0.3) is 0 Å². The van der Waals surface area contributed by atoms with Gasteiger partial charge in [-0.25, -0.2) is 0 Å². The largest absolute Gasteiger partial charge is 0.320 e. The summed E-state index contributed by atoms with van der Waals surface area (Å²) >= 11 is 0. The first kappa shape index (κ1) is 15.0. The van der Waals surface area contributed by atoms with Crippen LogP contribution in [-0.2, 0) is 0 Å². The Bertz CT molecular complexity index is 207. The Morgan fingerprint density at radius 2 is 1.53 bits per heavy atom. The van der Waals surface area contributed by atoms with E-state index in [1.165, 1.54) is 38.8 Å². The molecule has 1 aliphatic rings. The third-order valence-corrected chi connectivity index (χ3v) is 4.33. The zero-order valence-corrected chi connectivity index (χ0v) is 12.5. The lowest BCUT2D eigenvalue weighted by Crippen LogP contribution is -2.37. The molecule has 0 aromatic rings. The van der Waals surface area contributed by atoms with Crippen molar-refractivity contribution in [1.82, 2.24) is 10.6 Å². The molecule has 1 saturated carbocycles. The quantitative estimate of drug-likeness (QED) is 0.746. The van der Waals surface area contributed by atoms with E-state index in [-0.39, 0.29) is 5.54 Å². The van der Waals surface area contributed by atoms with Crippen molar-refractivity contribution >= 4 is 0 Å². The zero-order chi connectivity index (χ0) is 12.9. The molecule has 2 N–H and O–H groups in total. The van der Waals surface area contributed by atoms with Crippen molar-refractivity contribution in [3.63, 3.8) is 0 Å².